The number of amides is 1. The number of hydrogen-bond donors (Lipinski definition) is 0. The molecule has 1 aromatic rings. The van der Waals surface area contributed by atoms with E-state index in [1.165, 1.54) is 6.07 Å². The fraction of sp³-hybridized carbons (Fsp3) is 0.417. The highest BCUT2D eigenvalue weighted by Crippen LogP contribution is 2.22. The van der Waals surface area contributed by atoms with Crippen LogP contribution >= 0.6 is 27.7 Å². The molecule has 1 aliphatic rings. The van der Waals surface area contributed by atoms with Crippen molar-refractivity contribution >= 4 is 33.6 Å². The molecule has 5 heteroatoms. The predicted octanol–water partition coefficient (Wildman–Crippen LogP) is 3.17. The van der Waals surface area contributed by atoms with Crippen molar-refractivity contribution in [3.8, 4) is 0 Å². The Morgan fingerprint density at radius 2 is 2.35 bits per heavy atom. The maximum atomic E-state index is 13.6. The van der Waals surface area contributed by atoms with E-state index in [4.69, 9.17) is 0 Å². The number of hydrogen-bond acceptors (Lipinski definition) is 2. The fourth-order valence-electron chi connectivity index (χ4n) is 1.83. The maximum absolute atomic E-state index is 13.6. The standard InChI is InChI=1S/C12H13BrFNOS/c1-8-7-15(4-5-17-8)12(16)10-6-9(13)2-3-11(10)14/h2-3,6,8H,4-5,7H2,1H3. The lowest BCUT2D eigenvalue weighted by Crippen LogP contribution is -2.41. The van der Waals surface area contributed by atoms with E-state index in [1.54, 1.807) is 17.0 Å². The van der Waals surface area contributed by atoms with Gasteiger partial charge < -0.3 is 4.90 Å². The van der Waals surface area contributed by atoms with Crippen molar-refractivity contribution < 1.29 is 9.18 Å². The summed E-state index contributed by atoms with van der Waals surface area (Å²) >= 11 is 5.10. The summed E-state index contributed by atoms with van der Waals surface area (Å²) in [6.45, 7) is 3.47. The SMILES string of the molecule is CC1CN(C(=O)c2cc(Br)ccc2F)CCS1. The Morgan fingerprint density at radius 1 is 1.59 bits per heavy atom. The molecule has 0 radical (unpaired) electrons. The van der Waals surface area contributed by atoms with E-state index in [-0.39, 0.29) is 11.5 Å². The van der Waals surface area contributed by atoms with Crippen LogP contribution in [-0.2, 0) is 0 Å². The van der Waals surface area contributed by atoms with Gasteiger partial charge in [-0.1, -0.05) is 22.9 Å². The topological polar surface area (TPSA) is 20.3 Å². The van der Waals surface area contributed by atoms with Crippen molar-refractivity contribution in [3.05, 3.63) is 34.1 Å². The summed E-state index contributed by atoms with van der Waals surface area (Å²) < 4.78 is 14.3. The van der Waals surface area contributed by atoms with Gasteiger partial charge >= 0.3 is 0 Å². The summed E-state index contributed by atoms with van der Waals surface area (Å²) in [5, 5.41) is 0.419. The molecule has 1 heterocycles. The van der Waals surface area contributed by atoms with Crippen molar-refractivity contribution in [1.29, 1.82) is 0 Å². The molecule has 1 amide bonds. The fourth-order valence-corrected chi connectivity index (χ4v) is 3.21. The molecule has 92 valence electrons. The van der Waals surface area contributed by atoms with Crippen LogP contribution in [0.3, 0.4) is 0 Å². The van der Waals surface area contributed by atoms with Crippen LogP contribution in [-0.4, -0.2) is 34.9 Å². The zero-order valence-corrected chi connectivity index (χ0v) is 11.9. The van der Waals surface area contributed by atoms with Gasteiger partial charge in [0.15, 0.2) is 0 Å². The van der Waals surface area contributed by atoms with E-state index in [1.807, 2.05) is 11.8 Å². The Labute approximate surface area is 113 Å². The molecule has 1 atom stereocenters. The quantitative estimate of drug-likeness (QED) is 0.793. The van der Waals surface area contributed by atoms with Crippen LogP contribution in [0.4, 0.5) is 4.39 Å². The van der Waals surface area contributed by atoms with Gasteiger partial charge in [-0.15, -0.1) is 0 Å². The summed E-state index contributed by atoms with van der Waals surface area (Å²) in [5.41, 5.74) is 0.151. The van der Waals surface area contributed by atoms with Crippen LogP contribution in [0.1, 0.15) is 17.3 Å². The van der Waals surface area contributed by atoms with E-state index in [0.717, 1.165) is 10.2 Å². The molecule has 1 aromatic carbocycles. The van der Waals surface area contributed by atoms with Crippen LogP contribution in [0.15, 0.2) is 22.7 Å². The van der Waals surface area contributed by atoms with E-state index < -0.39 is 5.82 Å². The highest BCUT2D eigenvalue weighted by molar-refractivity contribution is 9.10. The van der Waals surface area contributed by atoms with Crippen LogP contribution in [0.25, 0.3) is 0 Å². The molecule has 1 fully saturated rings. The minimum absolute atomic E-state index is 0.151. The molecule has 1 aliphatic heterocycles. The first-order valence-electron chi connectivity index (χ1n) is 5.44. The first-order chi connectivity index (χ1) is 8.08. The van der Waals surface area contributed by atoms with E-state index >= 15 is 0 Å². The summed E-state index contributed by atoms with van der Waals surface area (Å²) in [6, 6.07) is 4.46. The van der Waals surface area contributed by atoms with Crippen LogP contribution < -0.4 is 0 Å². The van der Waals surface area contributed by atoms with Crippen LogP contribution in [0.2, 0.25) is 0 Å². The highest BCUT2D eigenvalue weighted by atomic mass is 79.9. The maximum Gasteiger partial charge on any atom is 0.256 e. The molecule has 0 aliphatic carbocycles. The molecule has 17 heavy (non-hydrogen) atoms. The average molecular weight is 318 g/mol. The molecular weight excluding hydrogens is 305 g/mol. The summed E-state index contributed by atoms with van der Waals surface area (Å²) in [5.74, 6) is 0.253. The van der Waals surface area contributed by atoms with Gasteiger partial charge in [0.1, 0.15) is 5.82 Å². The Balaban J connectivity index is 2.21. The number of rotatable bonds is 1. The molecular formula is C12H13BrFNOS. The zero-order chi connectivity index (χ0) is 12.4. The van der Waals surface area contributed by atoms with Gasteiger partial charge in [-0.05, 0) is 18.2 Å². The van der Waals surface area contributed by atoms with E-state index in [2.05, 4.69) is 22.9 Å². The first kappa shape index (κ1) is 12.9. The Bertz CT molecular complexity index is 441. The first-order valence-corrected chi connectivity index (χ1v) is 7.28. The number of thioether (sulfide) groups is 1. The third-order valence-electron chi connectivity index (χ3n) is 2.69. The van der Waals surface area contributed by atoms with Gasteiger partial charge in [0.2, 0.25) is 0 Å². The molecule has 0 spiro atoms. The molecule has 2 nitrogen and oxygen atoms in total. The zero-order valence-electron chi connectivity index (χ0n) is 9.45. The third-order valence-corrected chi connectivity index (χ3v) is 4.32. The average Bonchev–Trinajstić information content (AvgIpc) is 2.31. The summed E-state index contributed by atoms with van der Waals surface area (Å²) in [4.78, 5) is 13.9. The Morgan fingerprint density at radius 3 is 3.06 bits per heavy atom. The molecule has 1 unspecified atom stereocenters. The summed E-state index contributed by atoms with van der Waals surface area (Å²) in [7, 11) is 0. The van der Waals surface area contributed by atoms with Gasteiger partial charge in [0, 0.05) is 28.6 Å². The molecule has 2 rings (SSSR count). The lowest BCUT2D eigenvalue weighted by molar-refractivity contribution is 0.0758. The minimum Gasteiger partial charge on any atom is -0.337 e. The number of benzene rings is 1. The van der Waals surface area contributed by atoms with Crippen molar-refractivity contribution in [2.24, 2.45) is 0 Å². The van der Waals surface area contributed by atoms with Gasteiger partial charge in [-0.3, -0.25) is 4.79 Å². The highest BCUT2D eigenvalue weighted by Gasteiger charge is 2.24. The minimum atomic E-state index is -0.455. The Hall–Kier alpha value is -0.550. The number of carbonyl (C=O) groups excluding carboxylic acids is 1. The molecule has 0 bridgehead atoms. The molecule has 1 saturated heterocycles. The van der Waals surface area contributed by atoms with Gasteiger partial charge in [-0.2, -0.15) is 11.8 Å². The largest absolute Gasteiger partial charge is 0.337 e. The van der Waals surface area contributed by atoms with Gasteiger partial charge in [-0.25, -0.2) is 4.39 Å². The van der Waals surface area contributed by atoms with Crippen molar-refractivity contribution in [3.63, 3.8) is 0 Å². The van der Waals surface area contributed by atoms with Crippen molar-refractivity contribution in [2.75, 3.05) is 18.8 Å². The lowest BCUT2D eigenvalue weighted by atomic mass is 10.2. The molecule has 0 aromatic heterocycles. The van der Waals surface area contributed by atoms with Crippen LogP contribution in [0.5, 0.6) is 0 Å². The third kappa shape index (κ3) is 3.01. The lowest BCUT2D eigenvalue weighted by Gasteiger charge is -2.30. The predicted molar refractivity (Wildman–Crippen MR) is 71.9 cm³/mol. The second-order valence-corrected chi connectivity index (χ2v) is 6.52. The molecule has 0 saturated carbocycles. The van der Waals surface area contributed by atoms with E-state index in [0.29, 0.717) is 18.3 Å². The van der Waals surface area contributed by atoms with E-state index in [9.17, 15) is 9.18 Å². The number of nitrogens with zero attached hydrogens (tertiary/aromatic N) is 1. The smallest absolute Gasteiger partial charge is 0.256 e. The van der Waals surface area contributed by atoms with Gasteiger partial charge in [0.05, 0.1) is 5.56 Å². The Kier molecular flexibility index (Phi) is 4.09. The van der Waals surface area contributed by atoms with Crippen LogP contribution in [0, 0.1) is 5.82 Å². The number of halogens is 2. The van der Waals surface area contributed by atoms with Crippen molar-refractivity contribution in [2.45, 2.75) is 12.2 Å². The second-order valence-electron chi connectivity index (χ2n) is 4.06. The van der Waals surface area contributed by atoms with Crippen molar-refractivity contribution in [1.82, 2.24) is 4.90 Å². The monoisotopic (exact) mass is 317 g/mol. The second kappa shape index (κ2) is 5.40. The molecule has 0 N–H and O–H groups in total. The number of carbonyl (C=O) groups is 1. The van der Waals surface area contributed by atoms with Gasteiger partial charge in [0.25, 0.3) is 5.91 Å². The summed E-state index contributed by atoms with van der Waals surface area (Å²) in [6.07, 6.45) is 0. The normalized spacial score (nSPS) is 20.4.